The van der Waals surface area contributed by atoms with Gasteiger partial charge < -0.3 is 16.8 Å². The molecule has 82 valence electrons. The zero-order valence-corrected chi connectivity index (χ0v) is 8.59. The lowest BCUT2D eigenvalue weighted by atomic mass is 10.2. The van der Waals surface area contributed by atoms with E-state index in [-0.39, 0.29) is 11.6 Å². The van der Waals surface area contributed by atoms with Gasteiger partial charge in [-0.2, -0.15) is 0 Å². The minimum Gasteiger partial charge on any atom is -0.383 e. The van der Waals surface area contributed by atoms with E-state index in [4.69, 9.17) is 23.1 Å². The molecule has 0 bridgehead atoms. The third-order valence-corrected chi connectivity index (χ3v) is 1.97. The van der Waals surface area contributed by atoms with Crippen LogP contribution in [0, 0.1) is 5.82 Å². The predicted molar refractivity (Wildman–Crippen MR) is 57.1 cm³/mol. The van der Waals surface area contributed by atoms with Gasteiger partial charge in [0.25, 0.3) is 0 Å². The molecule has 1 amide bonds. The van der Waals surface area contributed by atoms with Gasteiger partial charge in [0, 0.05) is 17.3 Å². The van der Waals surface area contributed by atoms with Gasteiger partial charge in [-0.15, -0.1) is 0 Å². The normalized spacial score (nSPS) is 12.2. The Kier molecular flexibility index (Phi) is 3.88. The van der Waals surface area contributed by atoms with Crippen LogP contribution in [0.25, 0.3) is 0 Å². The Morgan fingerprint density at radius 3 is 2.73 bits per heavy atom. The second-order valence-corrected chi connectivity index (χ2v) is 3.48. The van der Waals surface area contributed by atoms with Crippen LogP contribution in [0.5, 0.6) is 0 Å². The molecule has 0 aliphatic rings. The van der Waals surface area contributed by atoms with Crippen molar-refractivity contribution in [3.63, 3.8) is 0 Å². The summed E-state index contributed by atoms with van der Waals surface area (Å²) in [6, 6.07) is 3.14. The number of benzene rings is 1. The van der Waals surface area contributed by atoms with E-state index in [1.807, 2.05) is 0 Å². The van der Waals surface area contributed by atoms with Gasteiger partial charge in [0.15, 0.2) is 0 Å². The monoisotopic (exact) mass is 231 g/mol. The van der Waals surface area contributed by atoms with Crippen LogP contribution < -0.4 is 16.8 Å². The number of primary amides is 1. The van der Waals surface area contributed by atoms with Crippen LogP contribution in [0.15, 0.2) is 18.2 Å². The summed E-state index contributed by atoms with van der Waals surface area (Å²) in [5.41, 5.74) is 10.8. The Hall–Kier alpha value is -1.33. The van der Waals surface area contributed by atoms with Crippen LogP contribution in [0.1, 0.15) is 0 Å². The largest absolute Gasteiger partial charge is 0.383 e. The Morgan fingerprint density at radius 2 is 2.20 bits per heavy atom. The average molecular weight is 232 g/mol. The molecule has 0 saturated carbocycles. The molecule has 0 fully saturated rings. The molecule has 1 aromatic carbocycles. The van der Waals surface area contributed by atoms with Crippen LogP contribution in [0.4, 0.5) is 10.1 Å². The molecule has 1 unspecified atom stereocenters. The minimum atomic E-state index is -0.813. The SMILES string of the molecule is NC(=O)C(N)CNc1cc(F)cc(Cl)c1. The smallest absolute Gasteiger partial charge is 0.236 e. The maximum atomic E-state index is 12.9. The van der Waals surface area contributed by atoms with Crippen molar-refractivity contribution in [3.8, 4) is 0 Å². The standard InChI is InChI=1S/C9H11ClFN3O/c10-5-1-6(11)3-7(2-5)14-4-8(12)9(13)15/h1-3,8,14H,4,12H2,(H2,13,15). The van der Waals surface area contributed by atoms with E-state index >= 15 is 0 Å². The highest BCUT2D eigenvalue weighted by molar-refractivity contribution is 6.30. The van der Waals surface area contributed by atoms with E-state index in [0.717, 1.165) is 0 Å². The number of rotatable bonds is 4. The fourth-order valence-electron chi connectivity index (χ4n) is 0.984. The molecule has 0 heterocycles. The lowest BCUT2D eigenvalue weighted by Crippen LogP contribution is -2.41. The van der Waals surface area contributed by atoms with E-state index in [0.29, 0.717) is 5.69 Å². The number of nitrogens with two attached hydrogens (primary N) is 2. The Bertz CT molecular complexity index is 352. The zero-order chi connectivity index (χ0) is 11.4. The van der Waals surface area contributed by atoms with Gasteiger partial charge in [-0.3, -0.25) is 4.79 Å². The number of amides is 1. The summed E-state index contributed by atoms with van der Waals surface area (Å²) in [6.45, 7) is 0.134. The number of carbonyl (C=O) groups excluding carboxylic acids is 1. The van der Waals surface area contributed by atoms with Crippen molar-refractivity contribution >= 4 is 23.2 Å². The van der Waals surface area contributed by atoms with E-state index in [2.05, 4.69) is 5.32 Å². The fraction of sp³-hybridized carbons (Fsp3) is 0.222. The molecule has 6 heteroatoms. The number of hydrogen-bond acceptors (Lipinski definition) is 3. The Balaban J connectivity index is 2.61. The lowest BCUT2D eigenvalue weighted by molar-refractivity contribution is -0.118. The topological polar surface area (TPSA) is 81.1 Å². The highest BCUT2D eigenvalue weighted by atomic mass is 35.5. The lowest BCUT2D eigenvalue weighted by Gasteiger charge is -2.10. The summed E-state index contributed by atoms with van der Waals surface area (Å²) in [7, 11) is 0. The van der Waals surface area contributed by atoms with Gasteiger partial charge in [-0.1, -0.05) is 11.6 Å². The summed E-state index contributed by atoms with van der Waals surface area (Å²) < 4.78 is 12.9. The molecule has 0 spiro atoms. The van der Waals surface area contributed by atoms with Crippen molar-refractivity contribution in [2.75, 3.05) is 11.9 Å². The van der Waals surface area contributed by atoms with E-state index in [9.17, 15) is 9.18 Å². The Labute approximate surface area is 91.4 Å². The second kappa shape index (κ2) is 4.95. The van der Waals surface area contributed by atoms with E-state index in [1.165, 1.54) is 18.2 Å². The summed E-state index contributed by atoms with van der Waals surface area (Å²) >= 11 is 5.63. The minimum absolute atomic E-state index is 0.134. The average Bonchev–Trinajstić information content (AvgIpc) is 2.12. The number of halogens is 2. The molecule has 1 aromatic rings. The molecular weight excluding hydrogens is 221 g/mol. The van der Waals surface area contributed by atoms with Crippen molar-refractivity contribution in [2.24, 2.45) is 11.5 Å². The first-order chi connectivity index (χ1) is 6.99. The number of anilines is 1. The number of hydrogen-bond donors (Lipinski definition) is 3. The molecule has 1 rings (SSSR count). The highest BCUT2D eigenvalue weighted by Gasteiger charge is 2.08. The maximum Gasteiger partial charge on any atom is 0.236 e. The first-order valence-corrected chi connectivity index (χ1v) is 4.61. The van der Waals surface area contributed by atoms with Crippen LogP contribution >= 0.6 is 11.6 Å². The van der Waals surface area contributed by atoms with Gasteiger partial charge in [0.05, 0.1) is 0 Å². The molecule has 0 aliphatic heterocycles. The van der Waals surface area contributed by atoms with Crippen LogP contribution in [0.2, 0.25) is 5.02 Å². The van der Waals surface area contributed by atoms with Crippen LogP contribution in [0.3, 0.4) is 0 Å². The molecule has 4 nitrogen and oxygen atoms in total. The third kappa shape index (κ3) is 3.73. The number of nitrogens with one attached hydrogen (secondary N) is 1. The maximum absolute atomic E-state index is 12.9. The first-order valence-electron chi connectivity index (χ1n) is 4.24. The molecular formula is C9H11ClFN3O. The van der Waals surface area contributed by atoms with Crippen molar-refractivity contribution < 1.29 is 9.18 Å². The van der Waals surface area contributed by atoms with E-state index < -0.39 is 17.8 Å². The van der Waals surface area contributed by atoms with Crippen molar-refractivity contribution in [2.45, 2.75) is 6.04 Å². The molecule has 15 heavy (non-hydrogen) atoms. The van der Waals surface area contributed by atoms with Crippen LogP contribution in [-0.4, -0.2) is 18.5 Å². The summed E-state index contributed by atoms with van der Waals surface area (Å²) in [5.74, 6) is -1.08. The zero-order valence-electron chi connectivity index (χ0n) is 7.84. The van der Waals surface area contributed by atoms with Gasteiger partial charge in [0.2, 0.25) is 5.91 Å². The summed E-state index contributed by atoms with van der Waals surface area (Å²) in [5, 5.41) is 3.03. The summed E-state index contributed by atoms with van der Waals surface area (Å²) in [6.07, 6.45) is 0. The second-order valence-electron chi connectivity index (χ2n) is 3.05. The third-order valence-electron chi connectivity index (χ3n) is 1.75. The highest BCUT2D eigenvalue weighted by Crippen LogP contribution is 2.17. The van der Waals surface area contributed by atoms with Gasteiger partial charge >= 0.3 is 0 Å². The molecule has 1 atom stereocenters. The molecule has 0 aliphatic carbocycles. The van der Waals surface area contributed by atoms with Gasteiger partial charge in [0.1, 0.15) is 11.9 Å². The van der Waals surface area contributed by atoms with Crippen molar-refractivity contribution in [3.05, 3.63) is 29.0 Å². The van der Waals surface area contributed by atoms with Gasteiger partial charge in [-0.25, -0.2) is 4.39 Å². The van der Waals surface area contributed by atoms with Crippen molar-refractivity contribution in [1.82, 2.24) is 0 Å². The van der Waals surface area contributed by atoms with Crippen molar-refractivity contribution in [1.29, 1.82) is 0 Å². The van der Waals surface area contributed by atoms with Crippen LogP contribution in [-0.2, 0) is 4.79 Å². The Morgan fingerprint density at radius 1 is 1.53 bits per heavy atom. The first kappa shape index (κ1) is 11.7. The molecule has 5 N–H and O–H groups in total. The fourth-order valence-corrected chi connectivity index (χ4v) is 1.21. The summed E-state index contributed by atoms with van der Waals surface area (Å²) in [4.78, 5) is 10.6. The quantitative estimate of drug-likeness (QED) is 0.714. The molecule has 0 radical (unpaired) electrons. The predicted octanol–water partition coefficient (Wildman–Crippen LogP) is 0.704. The van der Waals surface area contributed by atoms with E-state index in [1.54, 1.807) is 0 Å². The van der Waals surface area contributed by atoms with Gasteiger partial charge in [-0.05, 0) is 18.2 Å². The number of carbonyl (C=O) groups is 1. The molecule has 0 aromatic heterocycles. The molecule has 0 saturated heterocycles.